The topological polar surface area (TPSA) is 80.4 Å². The lowest BCUT2D eigenvalue weighted by Crippen LogP contribution is -2.40. The van der Waals surface area contributed by atoms with Crippen LogP contribution in [0.3, 0.4) is 0 Å². The normalized spacial score (nSPS) is 15.6. The molecule has 1 aliphatic heterocycles. The molecule has 3 heterocycles. The molecular weight excluding hydrogens is 376 g/mol. The fourth-order valence-corrected chi connectivity index (χ4v) is 4.42. The van der Waals surface area contributed by atoms with Gasteiger partial charge in [-0.2, -0.15) is 0 Å². The van der Waals surface area contributed by atoms with Crippen LogP contribution >= 0.6 is 11.3 Å². The first-order valence-electron chi connectivity index (χ1n) is 8.90. The highest BCUT2D eigenvalue weighted by Crippen LogP contribution is 2.31. The molecule has 140 valence electrons. The summed E-state index contributed by atoms with van der Waals surface area (Å²) in [5.74, 6) is 1.15. The number of amides is 1. The Balaban J connectivity index is 1.36. The Morgan fingerprint density at radius 3 is 2.79 bits per heavy atom. The molecule has 0 spiro atoms. The third-order valence-corrected chi connectivity index (χ3v) is 5.85. The maximum atomic E-state index is 12.6. The van der Waals surface area contributed by atoms with E-state index in [4.69, 9.17) is 9.47 Å². The highest BCUT2D eigenvalue weighted by atomic mass is 32.1. The van der Waals surface area contributed by atoms with Crippen LogP contribution in [-0.4, -0.2) is 30.1 Å². The first-order chi connectivity index (χ1) is 13.7. The van der Waals surface area contributed by atoms with Crippen molar-refractivity contribution in [2.45, 2.75) is 6.10 Å². The molecule has 1 amide bonds. The van der Waals surface area contributed by atoms with E-state index in [1.165, 1.54) is 11.3 Å². The summed E-state index contributed by atoms with van der Waals surface area (Å²) in [4.78, 5) is 28.3. The summed E-state index contributed by atoms with van der Waals surface area (Å²) in [7, 11) is 0. The third-order valence-electron chi connectivity index (χ3n) is 4.68. The van der Waals surface area contributed by atoms with Crippen LogP contribution in [0.25, 0.3) is 21.0 Å². The van der Waals surface area contributed by atoms with Gasteiger partial charge in [-0.15, -0.1) is 11.3 Å². The Kier molecular flexibility index (Phi) is 4.02. The number of pyridine rings is 1. The predicted molar refractivity (Wildman–Crippen MR) is 109 cm³/mol. The maximum absolute atomic E-state index is 12.6. The number of para-hydroxylation sites is 3. The van der Waals surface area contributed by atoms with E-state index in [0.717, 1.165) is 15.6 Å². The monoisotopic (exact) mass is 392 g/mol. The molecule has 0 saturated carbocycles. The number of nitrogens with one attached hydrogen (secondary N) is 2. The minimum atomic E-state index is -0.266. The van der Waals surface area contributed by atoms with Crippen molar-refractivity contribution in [3.8, 4) is 11.5 Å². The Labute approximate surface area is 163 Å². The summed E-state index contributed by atoms with van der Waals surface area (Å²) in [6.45, 7) is 0.687. The van der Waals surface area contributed by atoms with Gasteiger partial charge in [0, 0.05) is 15.6 Å². The van der Waals surface area contributed by atoms with Gasteiger partial charge in [0.05, 0.1) is 16.8 Å². The van der Waals surface area contributed by atoms with Crippen LogP contribution in [0, 0.1) is 0 Å². The summed E-state index contributed by atoms with van der Waals surface area (Å²) in [5.41, 5.74) is 0.574. The van der Waals surface area contributed by atoms with E-state index in [-0.39, 0.29) is 17.6 Å². The van der Waals surface area contributed by atoms with Crippen molar-refractivity contribution in [3.05, 3.63) is 69.8 Å². The lowest BCUT2D eigenvalue weighted by Gasteiger charge is -2.26. The van der Waals surface area contributed by atoms with Gasteiger partial charge >= 0.3 is 0 Å². The number of rotatable bonds is 3. The van der Waals surface area contributed by atoms with Crippen LogP contribution in [0.2, 0.25) is 0 Å². The van der Waals surface area contributed by atoms with E-state index in [1.54, 1.807) is 6.07 Å². The number of ether oxygens (including phenoxy) is 2. The number of carbonyl (C=O) groups is 1. The number of carbonyl (C=O) groups excluding carboxylic acids is 1. The molecule has 28 heavy (non-hydrogen) atoms. The van der Waals surface area contributed by atoms with Gasteiger partial charge in [-0.3, -0.25) is 9.59 Å². The quantitative estimate of drug-likeness (QED) is 0.561. The van der Waals surface area contributed by atoms with Crippen molar-refractivity contribution in [1.29, 1.82) is 0 Å². The zero-order valence-corrected chi connectivity index (χ0v) is 15.5. The standard InChI is InChI=1S/C21H16N2O4S/c24-20-14-9-18(28-19(14)13-5-1-2-6-15(13)23-20)21(25)22-10-12-11-26-16-7-3-4-8-17(16)27-12/h1-9,12H,10-11H2,(H,22,25)(H,23,24). The number of H-pyrrole nitrogens is 1. The largest absolute Gasteiger partial charge is 0.486 e. The minimum absolute atomic E-state index is 0.190. The average molecular weight is 392 g/mol. The SMILES string of the molecule is O=C(NCC1COc2ccccc2O1)c1cc2c(=O)[nH]c3ccccc3c2s1. The van der Waals surface area contributed by atoms with Crippen molar-refractivity contribution in [1.82, 2.24) is 10.3 Å². The number of aromatic amines is 1. The van der Waals surface area contributed by atoms with Crippen LogP contribution in [0.5, 0.6) is 11.5 Å². The highest BCUT2D eigenvalue weighted by Gasteiger charge is 2.22. The lowest BCUT2D eigenvalue weighted by atomic mass is 10.2. The molecule has 4 aromatic rings. The van der Waals surface area contributed by atoms with E-state index in [9.17, 15) is 9.59 Å². The Morgan fingerprint density at radius 2 is 1.89 bits per heavy atom. The van der Waals surface area contributed by atoms with Gasteiger partial charge < -0.3 is 19.8 Å². The zero-order chi connectivity index (χ0) is 19.1. The van der Waals surface area contributed by atoms with Crippen molar-refractivity contribution < 1.29 is 14.3 Å². The zero-order valence-electron chi connectivity index (χ0n) is 14.7. The first kappa shape index (κ1) is 16.8. The molecule has 1 unspecified atom stereocenters. The summed E-state index contributed by atoms with van der Waals surface area (Å²) < 4.78 is 12.3. The van der Waals surface area contributed by atoms with Crippen molar-refractivity contribution in [3.63, 3.8) is 0 Å². The highest BCUT2D eigenvalue weighted by molar-refractivity contribution is 7.21. The van der Waals surface area contributed by atoms with E-state index < -0.39 is 0 Å². The second kappa shape index (κ2) is 6.69. The molecule has 6 nitrogen and oxygen atoms in total. The van der Waals surface area contributed by atoms with Crippen LogP contribution in [0.15, 0.2) is 59.4 Å². The van der Waals surface area contributed by atoms with E-state index in [2.05, 4.69) is 10.3 Å². The number of hydrogen-bond acceptors (Lipinski definition) is 5. The molecule has 7 heteroatoms. The second-order valence-electron chi connectivity index (χ2n) is 6.56. The maximum Gasteiger partial charge on any atom is 0.261 e. The fraction of sp³-hybridized carbons (Fsp3) is 0.143. The molecule has 5 rings (SSSR count). The molecule has 0 saturated heterocycles. The van der Waals surface area contributed by atoms with Crippen LogP contribution in [-0.2, 0) is 0 Å². The van der Waals surface area contributed by atoms with Gasteiger partial charge in [-0.1, -0.05) is 30.3 Å². The van der Waals surface area contributed by atoms with Crippen molar-refractivity contribution in [2.75, 3.05) is 13.2 Å². The molecule has 1 aliphatic rings. The number of benzene rings is 2. The molecule has 0 bridgehead atoms. The molecule has 2 aromatic heterocycles. The van der Waals surface area contributed by atoms with Crippen LogP contribution in [0.1, 0.15) is 9.67 Å². The molecule has 0 radical (unpaired) electrons. The smallest absolute Gasteiger partial charge is 0.261 e. The molecule has 0 fully saturated rings. The number of fused-ring (bicyclic) bond motifs is 4. The summed E-state index contributed by atoms with van der Waals surface area (Å²) in [5, 5.41) is 4.34. The summed E-state index contributed by atoms with van der Waals surface area (Å²) in [6, 6.07) is 16.7. The van der Waals surface area contributed by atoms with E-state index >= 15 is 0 Å². The first-order valence-corrected chi connectivity index (χ1v) is 9.72. The molecule has 2 N–H and O–H groups in total. The van der Waals surface area contributed by atoms with Crippen molar-refractivity contribution in [2.24, 2.45) is 0 Å². The number of aromatic nitrogens is 1. The third kappa shape index (κ3) is 2.90. The summed E-state index contributed by atoms with van der Waals surface area (Å²) >= 11 is 1.32. The number of thiophene rings is 1. The Bertz CT molecular complexity index is 1260. The minimum Gasteiger partial charge on any atom is -0.486 e. The van der Waals surface area contributed by atoms with Gasteiger partial charge in [0.25, 0.3) is 11.5 Å². The average Bonchev–Trinajstić information content (AvgIpc) is 3.18. The molecule has 1 atom stereocenters. The van der Waals surface area contributed by atoms with Crippen LogP contribution in [0.4, 0.5) is 0 Å². The molecule has 0 aliphatic carbocycles. The van der Waals surface area contributed by atoms with Gasteiger partial charge in [0.2, 0.25) is 0 Å². The molecular formula is C21H16N2O4S. The number of hydrogen-bond donors (Lipinski definition) is 2. The van der Waals surface area contributed by atoms with Gasteiger partial charge in [0.1, 0.15) is 12.7 Å². The van der Waals surface area contributed by atoms with Crippen molar-refractivity contribution >= 4 is 38.2 Å². The fourth-order valence-electron chi connectivity index (χ4n) is 3.31. The summed E-state index contributed by atoms with van der Waals surface area (Å²) in [6.07, 6.45) is -0.266. The Hall–Kier alpha value is -3.32. The second-order valence-corrected chi connectivity index (χ2v) is 7.61. The van der Waals surface area contributed by atoms with Gasteiger partial charge in [0.15, 0.2) is 11.5 Å². The van der Waals surface area contributed by atoms with E-state index in [0.29, 0.717) is 34.9 Å². The lowest BCUT2D eigenvalue weighted by molar-refractivity contribution is 0.0791. The van der Waals surface area contributed by atoms with Gasteiger partial charge in [-0.25, -0.2) is 0 Å². The molecule has 2 aromatic carbocycles. The van der Waals surface area contributed by atoms with E-state index in [1.807, 2.05) is 48.5 Å². The predicted octanol–water partition coefficient (Wildman–Crippen LogP) is 3.31. The van der Waals surface area contributed by atoms with Gasteiger partial charge in [-0.05, 0) is 24.3 Å². The Morgan fingerprint density at radius 1 is 1.11 bits per heavy atom. The van der Waals surface area contributed by atoms with Crippen LogP contribution < -0.4 is 20.3 Å².